The molecule has 2 aromatic heterocycles. The van der Waals surface area contributed by atoms with Crippen LogP contribution in [-0.4, -0.2) is 47.1 Å². The summed E-state index contributed by atoms with van der Waals surface area (Å²) in [4.78, 5) is 11.2. The van der Waals surface area contributed by atoms with Gasteiger partial charge in [0.25, 0.3) is 0 Å². The zero-order valence-electron chi connectivity index (χ0n) is 15.6. The number of aromatic nitrogens is 2. The molecule has 0 aliphatic rings. The first-order chi connectivity index (χ1) is 12.2. The molecule has 0 amide bonds. The standard InChI is InChI=1S/C19H30N6/c1-4-20-19(25(3)16-17-10-9-15-24(17)2)23-14-8-7-13-22-18-11-5-6-12-21-18/h5-6,9-12,15H,4,7-8,13-14,16H2,1-3H3,(H,20,23)(H,21,22). The Balaban J connectivity index is 1.74. The van der Waals surface area contributed by atoms with Crippen LogP contribution in [0.25, 0.3) is 0 Å². The van der Waals surface area contributed by atoms with Crippen molar-refractivity contribution < 1.29 is 0 Å². The van der Waals surface area contributed by atoms with Gasteiger partial charge in [-0.05, 0) is 44.0 Å². The van der Waals surface area contributed by atoms with E-state index in [1.54, 1.807) is 6.20 Å². The second-order valence-electron chi connectivity index (χ2n) is 6.05. The molecule has 6 nitrogen and oxygen atoms in total. The van der Waals surface area contributed by atoms with Crippen molar-refractivity contribution in [3.05, 3.63) is 48.4 Å². The van der Waals surface area contributed by atoms with Crippen molar-refractivity contribution in [1.29, 1.82) is 0 Å². The molecule has 0 fully saturated rings. The van der Waals surface area contributed by atoms with Crippen LogP contribution >= 0.6 is 0 Å². The number of pyridine rings is 1. The molecule has 0 aliphatic heterocycles. The summed E-state index contributed by atoms with van der Waals surface area (Å²) < 4.78 is 2.14. The lowest BCUT2D eigenvalue weighted by Crippen LogP contribution is -2.38. The Bertz CT molecular complexity index is 634. The van der Waals surface area contributed by atoms with Crippen molar-refractivity contribution >= 4 is 11.8 Å². The molecule has 0 unspecified atom stereocenters. The summed E-state index contributed by atoms with van der Waals surface area (Å²) in [5, 5.41) is 6.70. The molecule has 136 valence electrons. The predicted molar refractivity (Wildman–Crippen MR) is 105 cm³/mol. The molecule has 0 bridgehead atoms. The molecular formula is C19H30N6. The average Bonchev–Trinajstić information content (AvgIpc) is 3.02. The largest absolute Gasteiger partial charge is 0.370 e. The van der Waals surface area contributed by atoms with E-state index in [0.29, 0.717) is 0 Å². The molecule has 2 heterocycles. The summed E-state index contributed by atoms with van der Waals surface area (Å²) in [7, 11) is 4.15. The normalized spacial score (nSPS) is 11.4. The van der Waals surface area contributed by atoms with E-state index >= 15 is 0 Å². The lowest BCUT2D eigenvalue weighted by Gasteiger charge is -2.22. The molecular weight excluding hydrogens is 312 g/mol. The minimum Gasteiger partial charge on any atom is -0.370 e. The van der Waals surface area contributed by atoms with Crippen molar-refractivity contribution in [1.82, 2.24) is 19.8 Å². The van der Waals surface area contributed by atoms with Crippen molar-refractivity contribution in [2.45, 2.75) is 26.3 Å². The summed E-state index contributed by atoms with van der Waals surface area (Å²) in [5.41, 5.74) is 1.27. The summed E-state index contributed by atoms with van der Waals surface area (Å²) >= 11 is 0. The Labute approximate surface area is 151 Å². The minimum absolute atomic E-state index is 0.823. The Hall–Kier alpha value is -2.50. The highest BCUT2D eigenvalue weighted by Gasteiger charge is 2.07. The molecule has 2 rings (SSSR count). The molecule has 0 radical (unpaired) electrons. The van der Waals surface area contributed by atoms with Crippen LogP contribution in [0.1, 0.15) is 25.5 Å². The number of guanidine groups is 1. The summed E-state index contributed by atoms with van der Waals surface area (Å²) in [6.45, 7) is 5.56. The van der Waals surface area contributed by atoms with E-state index in [0.717, 1.165) is 50.8 Å². The predicted octanol–water partition coefficient (Wildman–Crippen LogP) is 2.71. The number of hydrogen-bond acceptors (Lipinski definition) is 3. The fourth-order valence-electron chi connectivity index (χ4n) is 2.55. The molecule has 2 N–H and O–H groups in total. The van der Waals surface area contributed by atoms with Gasteiger partial charge in [-0.3, -0.25) is 4.99 Å². The highest BCUT2D eigenvalue weighted by molar-refractivity contribution is 5.79. The number of aliphatic imine (C=N–C) groups is 1. The van der Waals surface area contributed by atoms with E-state index in [9.17, 15) is 0 Å². The zero-order chi connectivity index (χ0) is 17.9. The molecule has 6 heteroatoms. The highest BCUT2D eigenvalue weighted by Crippen LogP contribution is 2.04. The van der Waals surface area contributed by atoms with Crippen molar-refractivity contribution in [2.24, 2.45) is 12.0 Å². The van der Waals surface area contributed by atoms with E-state index < -0.39 is 0 Å². The van der Waals surface area contributed by atoms with Crippen LogP contribution in [0.3, 0.4) is 0 Å². The summed E-state index contributed by atoms with van der Waals surface area (Å²) in [6.07, 6.45) is 5.99. The first-order valence-electron chi connectivity index (χ1n) is 8.95. The third-order valence-corrected chi connectivity index (χ3v) is 3.96. The number of nitrogens with one attached hydrogen (secondary N) is 2. The Morgan fingerprint density at radius 1 is 1.24 bits per heavy atom. The number of unbranched alkanes of at least 4 members (excludes halogenated alkanes) is 1. The molecule has 25 heavy (non-hydrogen) atoms. The molecule has 0 saturated heterocycles. The third-order valence-electron chi connectivity index (χ3n) is 3.96. The molecule has 2 aromatic rings. The quantitative estimate of drug-likeness (QED) is 0.418. The van der Waals surface area contributed by atoms with Gasteiger partial charge in [0.15, 0.2) is 5.96 Å². The van der Waals surface area contributed by atoms with Gasteiger partial charge in [0.2, 0.25) is 0 Å². The van der Waals surface area contributed by atoms with Crippen molar-refractivity contribution in [2.75, 3.05) is 32.0 Å². The Kier molecular flexibility index (Phi) is 7.82. The van der Waals surface area contributed by atoms with Gasteiger partial charge in [-0.2, -0.15) is 0 Å². The lowest BCUT2D eigenvalue weighted by atomic mass is 10.3. The maximum atomic E-state index is 4.75. The summed E-state index contributed by atoms with van der Waals surface area (Å²) in [6, 6.07) is 10.1. The first kappa shape index (κ1) is 18.8. The zero-order valence-corrected chi connectivity index (χ0v) is 15.6. The van der Waals surface area contributed by atoms with Gasteiger partial charge in [0.05, 0.1) is 6.54 Å². The van der Waals surface area contributed by atoms with Gasteiger partial charge in [0.1, 0.15) is 5.82 Å². The topological polar surface area (TPSA) is 57.5 Å². The van der Waals surface area contributed by atoms with Gasteiger partial charge < -0.3 is 20.1 Å². The van der Waals surface area contributed by atoms with Crippen LogP contribution < -0.4 is 10.6 Å². The Morgan fingerprint density at radius 3 is 2.80 bits per heavy atom. The van der Waals surface area contributed by atoms with Crippen LogP contribution in [0, 0.1) is 0 Å². The number of nitrogens with zero attached hydrogens (tertiary/aromatic N) is 4. The van der Waals surface area contributed by atoms with Crippen LogP contribution in [0.5, 0.6) is 0 Å². The van der Waals surface area contributed by atoms with E-state index in [1.807, 2.05) is 18.2 Å². The number of aryl methyl sites for hydroxylation is 1. The van der Waals surface area contributed by atoms with Crippen LogP contribution in [0.2, 0.25) is 0 Å². The van der Waals surface area contributed by atoms with Gasteiger partial charge in [-0.25, -0.2) is 4.98 Å². The first-order valence-corrected chi connectivity index (χ1v) is 8.95. The Morgan fingerprint density at radius 2 is 2.12 bits per heavy atom. The second kappa shape index (κ2) is 10.4. The number of rotatable bonds is 9. The van der Waals surface area contributed by atoms with Gasteiger partial charge in [-0.1, -0.05) is 6.07 Å². The summed E-state index contributed by atoms with van der Waals surface area (Å²) in [5.74, 6) is 1.89. The van der Waals surface area contributed by atoms with Gasteiger partial charge >= 0.3 is 0 Å². The van der Waals surface area contributed by atoms with Gasteiger partial charge in [0, 0.05) is 51.8 Å². The van der Waals surface area contributed by atoms with Crippen LogP contribution in [-0.2, 0) is 13.6 Å². The van der Waals surface area contributed by atoms with Crippen LogP contribution in [0.15, 0.2) is 47.7 Å². The highest BCUT2D eigenvalue weighted by atomic mass is 15.3. The van der Waals surface area contributed by atoms with Crippen LogP contribution in [0.4, 0.5) is 5.82 Å². The fraction of sp³-hybridized carbons (Fsp3) is 0.474. The van der Waals surface area contributed by atoms with Gasteiger partial charge in [-0.15, -0.1) is 0 Å². The maximum Gasteiger partial charge on any atom is 0.194 e. The number of anilines is 1. The molecule has 0 aromatic carbocycles. The van der Waals surface area contributed by atoms with E-state index in [1.165, 1.54) is 5.69 Å². The average molecular weight is 342 g/mol. The number of hydrogen-bond donors (Lipinski definition) is 2. The monoisotopic (exact) mass is 342 g/mol. The minimum atomic E-state index is 0.823. The fourth-order valence-corrected chi connectivity index (χ4v) is 2.55. The SMILES string of the molecule is CCNC(=NCCCCNc1ccccn1)N(C)Cc1cccn1C. The van der Waals surface area contributed by atoms with Crippen molar-refractivity contribution in [3.63, 3.8) is 0 Å². The van der Waals surface area contributed by atoms with E-state index in [2.05, 4.69) is 64.4 Å². The molecule has 0 atom stereocenters. The molecule has 0 aliphatic carbocycles. The maximum absolute atomic E-state index is 4.75. The smallest absolute Gasteiger partial charge is 0.194 e. The molecule has 0 saturated carbocycles. The van der Waals surface area contributed by atoms with E-state index in [-0.39, 0.29) is 0 Å². The third kappa shape index (κ3) is 6.49. The van der Waals surface area contributed by atoms with Crippen molar-refractivity contribution in [3.8, 4) is 0 Å². The lowest BCUT2D eigenvalue weighted by molar-refractivity contribution is 0.461. The molecule has 0 spiro atoms. The second-order valence-corrected chi connectivity index (χ2v) is 6.05. The van der Waals surface area contributed by atoms with E-state index in [4.69, 9.17) is 4.99 Å².